The molecule has 1 heterocycles. The second kappa shape index (κ2) is 9.04. The number of morpholine rings is 1. The average molecular weight is 330 g/mol. The fourth-order valence-electron chi connectivity index (χ4n) is 3.66. The predicted molar refractivity (Wildman–Crippen MR) is 98.7 cm³/mol. The van der Waals surface area contributed by atoms with E-state index >= 15 is 0 Å². The van der Waals surface area contributed by atoms with E-state index in [1.807, 2.05) is 7.05 Å². The van der Waals surface area contributed by atoms with Gasteiger partial charge in [-0.3, -0.25) is 9.89 Å². The van der Waals surface area contributed by atoms with Crippen LogP contribution in [0.5, 0.6) is 0 Å². The Morgan fingerprint density at radius 3 is 2.92 bits per heavy atom. The Balaban J connectivity index is 1.43. The van der Waals surface area contributed by atoms with Crippen molar-refractivity contribution in [2.24, 2.45) is 4.99 Å². The van der Waals surface area contributed by atoms with Crippen LogP contribution in [0.3, 0.4) is 0 Å². The van der Waals surface area contributed by atoms with E-state index in [0.29, 0.717) is 5.92 Å². The lowest BCUT2D eigenvalue weighted by Crippen LogP contribution is -2.45. The van der Waals surface area contributed by atoms with Gasteiger partial charge in [0.2, 0.25) is 0 Å². The highest BCUT2D eigenvalue weighted by atomic mass is 16.5. The van der Waals surface area contributed by atoms with Crippen LogP contribution in [0.4, 0.5) is 0 Å². The largest absolute Gasteiger partial charge is 0.379 e. The quantitative estimate of drug-likeness (QED) is 0.636. The molecule has 2 aliphatic rings. The molecular formula is C19H30N4O. The minimum absolute atomic E-state index is 0.591. The molecule has 5 heteroatoms. The Morgan fingerprint density at radius 1 is 1.25 bits per heavy atom. The second-order valence-electron chi connectivity index (χ2n) is 6.62. The smallest absolute Gasteiger partial charge is 0.191 e. The first-order chi connectivity index (χ1) is 11.9. The number of nitrogens with one attached hydrogen (secondary N) is 2. The standard InChI is InChI=1S/C19H30N4O/c1-20-19(21-9-10-23-11-13-24-14-12-23)22-15-17-7-4-6-16-5-2-3-8-18(16)17/h2-3,5,8,17H,4,6-7,9-15H2,1H3,(H2,20,21,22). The number of hydrogen-bond acceptors (Lipinski definition) is 3. The van der Waals surface area contributed by atoms with Gasteiger partial charge in [-0.25, -0.2) is 0 Å². The van der Waals surface area contributed by atoms with Crippen LogP contribution in [0.1, 0.15) is 29.9 Å². The van der Waals surface area contributed by atoms with Gasteiger partial charge in [0.05, 0.1) is 13.2 Å². The average Bonchev–Trinajstić information content (AvgIpc) is 2.65. The van der Waals surface area contributed by atoms with E-state index in [0.717, 1.165) is 51.9 Å². The van der Waals surface area contributed by atoms with Crippen molar-refractivity contribution in [3.8, 4) is 0 Å². The number of nitrogens with zero attached hydrogens (tertiary/aromatic N) is 2. The minimum Gasteiger partial charge on any atom is -0.379 e. The highest BCUT2D eigenvalue weighted by molar-refractivity contribution is 5.79. The number of hydrogen-bond donors (Lipinski definition) is 2. The van der Waals surface area contributed by atoms with Crippen LogP contribution < -0.4 is 10.6 Å². The Kier molecular flexibility index (Phi) is 6.49. The van der Waals surface area contributed by atoms with Gasteiger partial charge < -0.3 is 15.4 Å². The lowest BCUT2D eigenvalue weighted by molar-refractivity contribution is 0.0389. The second-order valence-corrected chi connectivity index (χ2v) is 6.62. The van der Waals surface area contributed by atoms with Gasteiger partial charge in [-0.2, -0.15) is 0 Å². The number of aliphatic imine (C=N–C) groups is 1. The third-order valence-electron chi connectivity index (χ3n) is 5.06. The number of rotatable bonds is 5. The molecule has 1 unspecified atom stereocenters. The molecule has 1 fully saturated rings. The van der Waals surface area contributed by atoms with Gasteiger partial charge in [-0.15, -0.1) is 0 Å². The SMILES string of the molecule is CN=C(NCCN1CCOCC1)NCC1CCCc2ccccc21. The summed E-state index contributed by atoms with van der Waals surface area (Å²) in [5.74, 6) is 1.50. The summed E-state index contributed by atoms with van der Waals surface area (Å²) in [6.45, 7) is 6.69. The summed E-state index contributed by atoms with van der Waals surface area (Å²) < 4.78 is 5.38. The maximum Gasteiger partial charge on any atom is 0.191 e. The van der Waals surface area contributed by atoms with Crippen LogP contribution in [-0.4, -0.2) is 63.8 Å². The van der Waals surface area contributed by atoms with Crippen molar-refractivity contribution in [1.82, 2.24) is 15.5 Å². The molecule has 2 N–H and O–H groups in total. The molecule has 24 heavy (non-hydrogen) atoms. The van der Waals surface area contributed by atoms with Gasteiger partial charge in [0.1, 0.15) is 0 Å². The molecule has 0 amide bonds. The number of guanidine groups is 1. The van der Waals surface area contributed by atoms with Gasteiger partial charge in [-0.05, 0) is 30.4 Å². The fraction of sp³-hybridized carbons (Fsp3) is 0.632. The van der Waals surface area contributed by atoms with Crippen LogP contribution >= 0.6 is 0 Å². The van der Waals surface area contributed by atoms with E-state index in [4.69, 9.17) is 4.74 Å². The van der Waals surface area contributed by atoms with Crippen molar-refractivity contribution in [1.29, 1.82) is 0 Å². The molecule has 0 bridgehead atoms. The Bertz CT molecular complexity index is 540. The Morgan fingerprint density at radius 2 is 2.08 bits per heavy atom. The minimum atomic E-state index is 0.591. The van der Waals surface area contributed by atoms with Crippen LogP contribution in [0.15, 0.2) is 29.3 Å². The molecule has 0 radical (unpaired) electrons. The summed E-state index contributed by atoms with van der Waals surface area (Å²) in [4.78, 5) is 6.79. The Labute approximate surface area is 145 Å². The van der Waals surface area contributed by atoms with Crippen molar-refractivity contribution >= 4 is 5.96 Å². The van der Waals surface area contributed by atoms with E-state index < -0.39 is 0 Å². The summed E-state index contributed by atoms with van der Waals surface area (Å²) in [5, 5.41) is 6.95. The summed E-state index contributed by atoms with van der Waals surface area (Å²) in [6.07, 6.45) is 3.76. The van der Waals surface area contributed by atoms with Gasteiger partial charge in [0, 0.05) is 45.7 Å². The van der Waals surface area contributed by atoms with Crippen LogP contribution in [0, 0.1) is 0 Å². The monoisotopic (exact) mass is 330 g/mol. The summed E-state index contributed by atoms with van der Waals surface area (Å²) in [6, 6.07) is 8.87. The highest BCUT2D eigenvalue weighted by Gasteiger charge is 2.19. The Hall–Kier alpha value is -1.59. The van der Waals surface area contributed by atoms with Crippen LogP contribution in [-0.2, 0) is 11.2 Å². The molecule has 1 aromatic rings. The van der Waals surface area contributed by atoms with Crippen LogP contribution in [0.25, 0.3) is 0 Å². The molecule has 0 aromatic heterocycles. The van der Waals surface area contributed by atoms with E-state index in [-0.39, 0.29) is 0 Å². The first-order valence-corrected chi connectivity index (χ1v) is 9.19. The van der Waals surface area contributed by atoms with Crippen molar-refractivity contribution in [2.45, 2.75) is 25.2 Å². The highest BCUT2D eigenvalue weighted by Crippen LogP contribution is 2.30. The summed E-state index contributed by atoms with van der Waals surface area (Å²) in [7, 11) is 1.85. The number of aryl methyl sites for hydroxylation is 1. The lowest BCUT2D eigenvalue weighted by atomic mass is 9.83. The molecule has 1 saturated heterocycles. The zero-order valence-electron chi connectivity index (χ0n) is 14.8. The van der Waals surface area contributed by atoms with Crippen molar-refractivity contribution < 1.29 is 4.74 Å². The molecule has 0 spiro atoms. The molecule has 0 saturated carbocycles. The maximum atomic E-state index is 5.38. The zero-order chi connectivity index (χ0) is 16.6. The number of fused-ring (bicyclic) bond motifs is 1. The molecule has 3 rings (SSSR count). The molecule has 132 valence electrons. The topological polar surface area (TPSA) is 48.9 Å². The number of benzene rings is 1. The van der Waals surface area contributed by atoms with E-state index in [1.165, 1.54) is 30.4 Å². The molecule has 1 aliphatic heterocycles. The van der Waals surface area contributed by atoms with E-state index in [9.17, 15) is 0 Å². The third-order valence-corrected chi connectivity index (χ3v) is 5.06. The zero-order valence-corrected chi connectivity index (χ0v) is 14.8. The first-order valence-electron chi connectivity index (χ1n) is 9.19. The van der Waals surface area contributed by atoms with E-state index in [2.05, 4.69) is 44.8 Å². The molecule has 1 aromatic carbocycles. The van der Waals surface area contributed by atoms with Crippen molar-refractivity contribution in [3.05, 3.63) is 35.4 Å². The lowest BCUT2D eigenvalue weighted by Gasteiger charge is -2.28. The van der Waals surface area contributed by atoms with Crippen molar-refractivity contribution in [3.63, 3.8) is 0 Å². The summed E-state index contributed by atoms with van der Waals surface area (Å²) in [5.41, 5.74) is 3.03. The molecule has 5 nitrogen and oxygen atoms in total. The fourth-order valence-corrected chi connectivity index (χ4v) is 3.66. The summed E-state index contributed by atoms with van der Waals surface area (Å²) >= 11 is 0. The van der Waals surface area contributed by atoms with Gasteiger partial charge in [-0.1, -0.05) is 24.3 Å². The third kappa shape index (κ3) is 4.71. The van der Waals surface area contributed by atoms with E-state index in [1.54, 1.807) is 0 Å². The predicted octanol–water partition coefficient (Wildman–Crippen LogP) is 1.60. The van der Waals surface area contributed by atoms with Gasteiger partial charge in [0.15, 0.2) is 5.96 Å². The van der Waals surface area contributed by atoms with Crippen molar-refractivity contribution in [2.75, 3.05) is 53.0 Å². The van der Waals surface area contributed by atoms with Gasteiger partial charge in [0.25, 0.3) is 0 Å². The number of ether oxygens (including phenoxy) is 1. The molecule has 1 atom stereocenters. The normalized spacial score (nSPS) is 22.0. The first kappa shape index (κ1) is 17.2. The molecule has 1 aliphatic carbocycles. The van der Waals surface area contributed by atoms with Gasteiger partial charge >= 0.3 is 0 Å². The molecular weight excluding hydrogens is 300 g/mol. The maximum absolute atomic E-state index is 5.38. The van der Waals surface area contributed by atoms with Crippen LogP contribution in [0.2, 0.25) is 0 Å².